The van der Waals surface area contributed by atoms with Gasteiger partial charge in [-0.1, -0.05) is 43.2 Å². The lowest BCUT2D eigenvalue weighted by molar-refractivity contribution is -0.696. The monoisotopic (exact) mass is 732 g/mol. The number of ether oxygens (including phenoxy) is 3. The number of pyridine rings is 2. The number of anilines is 1. The molecule has 1 amide bonds. The van der Waals surface area contributed by atoms with E-state index in [4.69, 9.17) is 14.2 Å². The molecule has 54 heavy (non-hydrogen) atoms. The maximum Gasteiger partial charge on any atom is 0.263 e. The molecule has 0 spiro atoms. The Labute approximate surface area is 313 Å². The Kier molecular flexibility index (Phi) is 12.3. The average Bonchev–Trinajstić information content (AvgIpc) is 3.19. The quantitative estimate of drug-likeness (QED) is 0.0734. The van der Waals surface area contributed by atoms with Crippen molar-refractivity contribution >= 4 is 22.5 Å². The Morgan fingerprint density at radius 2 is 1.44 bits per heavy atom. The maximum absolute atomic E-state index is 14.2. The molecule has 0 atom stereocenters. The van der Waals surface area contributed by atoms with E-state index in [1.54, 1.807) is 47.9 Å². The largest absolute Gasteiger partial charge is 0.497 e. The highest BCUT2D eigenvalue weighted by Gasteiger charge is 2.24. The molecule has 0 saturated heterocycles. The number of aromatic nitrogens is 2. The molecule has 4 aromatic carbocycles. The summed E-state index contributed by atoms with van der Waals surface area (Å²) in [5.41, 5.74) is 2.79. The highest BCUT2D eigenvalue weighted by molar-refractivity contribution is 6.07. The van der Waals surface area contributed by atoms with Gasteiger partial charge in [0.05, 0.1) is 32.0 Å². The molecule has 0 aliphatic heterocycles. The van der Waals surface area contributed by atoms with Crippen molar-refractivity contribution in [1.82, 2.24) is 4.57 Å². The van der Waals surface area contributed by atoms with Crippen LogP contribution in [0.25, 0.3) is 27.7 Å². The van der Waals surface area contributed by atoms with E-state index >= 15 is 0 Å². The number of hydrogen-bond acceptors (Lipinski definition) is 5. The SMILES string of the molecule is CCN(C(=O)c1cn(-c2cc(OC)cc(OC)c2)c2cc(OCCCCCCC[n+]3cccc(-c4ccccc4)c3)ccc2c1=O)c1cc(F)cc(F)c1. The summed E-state index contributed by atoms with van der Waals surface area (Å²) >= 11 is 0. The molecule has 0 aliphatic carbocycles. The van der Waals surface area contributed by atoms with Crippen LogP contribution in [-0.4, -0.2) is 37.8 Å². The van der Waals surface area contributed by atoms with Crippen LogP contribution in [0.3, 0.4) is 0 Å². The minimum Gasteiger partial charge on any atom is -0.497 e. The van der Waals surface area contributed by atoms with Gasteiger partial charge in [0.1, 0.15) is 41.0 Å². The van der Waals surface area contributed by atoms with Crippen molar-refractivity contribution in [3.63, 3.8) is 0 Å². The fraction of sp³-hybridized carbons (Fsp3) is 0.250. The maximum atomic E-state index is 14.2. The van der Waals surface area contributed by atoms with Gasteiger partial charge in [0.25, 0.3) is 5.91 Å². The van der Waals surface area contributed by atoms with Crippen molar-refractivity contribution in [2.45, 2.75) is 45.6 Å². The molecule has 0 radical (unpaired) electrons. The summed E-state index contributed by atoms with van der Waals surface area (Å²) in [6, 6.07) is 27.8. The van der Waals surface area contributed by atoms with Crippen LogP contribution in [0, 0.1) is 11.6 Å². The zero-order valence-corrected chi connectivity index (χ0v) is 30.8. The van der Waals surface area contributed by atoms with E-state index in [1.807, 2.05) is 6.07 Å². The van der Waals surface area contributed by atoms with Crippen LogP contribution in [-0.2, 0) is 6.54 Å². The number of hydrogen-bond donors (Lipinski definition) is 0. The third-order valence-corrected chi connectivity index (χ3v) is 9.34. The van der Waals surface area contributed by atoms with E-state index in [0.29, 0.717) is 35.1 Å². The second kappa shape index (κ2) is 17.7. The van der Waals surface area contributed by atoms with Gasteiger partial charge < -0.3 is 23.7 Å². The first-order valence-corrected chi connectivity index (χ1v) is 18.2. The molecule has 0 saturated carbocycles. The lowest BCUT2D eigenvalue weighted by Gasteiger charge is -2.22. The second-order valence-corrected chi connectivity index (χ2v) is 13.0. The highest BCUT2D eigenvalue weighted by Crippen LogP contribution is 2.30. The van der Waals surface area contributed by atoms with Gasteiger partial charge in [-0.05, 0) is 55.7 Å². The highest BCUT2D eigenvalue weighted by atomic mass is 19.1. The minimum absolute atomic E-state index is 0.00496. The van der Waals surface area contributed by atoms with Crippen LogP contribution in [0.4, 0.5) is 14.5 Å². The predicted octanol–water partition coefficient (Wildman–Crippen LogP) is 8.94. The van der Waals surface area contributed by atoms with Crippen molar-refractivity contribution in [2.75, 3.05) is 32.3 Å². The van der Waals surface area contributed by atoms with E-state index in [1.165, 1.54) is 36.4 Å². The number of benzene rings is 4. The summed E-state index contributed by atoms with van der Waals surface area (Å²) in [7, 11) is 3.06. The Balaban J connectivity index is 1.16. The number of carbonyl (C=O) groups is 1. The average molecular weight is 733 g/mol. The van der Waals surface area contributed by atoms with Gasteiger partial charge in [-0.2, -0.15) is 0 Å². The molecule has 8 nitrogen and oxygen atoms in total. The van der Waals surface area contributed by atoms with Gasteiger partial charge >= 0.3 is 0 Å². The van der Waals surface area contributed by atoms with Crippen molar-refractivity contribution in [3.05, 3.63) is 143 Å². The van der Waals surface area contributed by atoms with E-state index in [-0.39, 0.29) is 23.2 Å². The summed E-state index contributed by atoms with van der Waals surface area (Å²) in [5.74, 6) is -0.781. The lowest BCUT2D eigenvalue weighted by atomic mass is 10.1. The van der Waals surface area contributed by atoms with Crippen LogP contribution < -0.4 is 29.1 Å². The van der Waals surface area contributed by atoms with E-state index in [2.05, 4.69) is 53.4 Å². The first-order chi connectivity index (χ1) is 26.3. The number of amides is 1. The molecule has 0 unspecified atom stereocenters. The summed E-state index contributed by atoms with van der Waals surface area (Å²) in [5, 5.41) is 0.267. The van der Waals surface area contributed by atoms with Gasteiger partial charge in [0.15, 0.2) is 12.4 Å². The Morgan fingerprint density at radius 1 is 0.759 bits per heavy atom. The summed E-state index contributed by atoms with van der Waals surface area (Å²) < 4.78 is 49.5. The molecular weight excluding hydrogens is 688 g/mol. The molecule has 6 aromatic rings. The molecule has 2 heterocycles. The van der Waals surface area contributed by atoms with E-state index in [9.17, 15) is 18.4 Å². The normalized spacial score (nSPS) is 11.1. The standard InChI is InChI=1S/C44H44F2N3O5/c1-4-48(35-23-33(45)22-34(46)24-35)44(51)41-30-49(36-25-38(52-2)27-39(26-36)53-3)42-28-37(17-18-40(42)43(41)50)54-21-12-7-5-6-11-19-47-20-13-16-32(29-47)31-14-9-8-10-15-31/h8-10,13-18,20,22-30H,4-7,11-12,19,21H2,1-3H3/q+1. The fourth-order valence-electron chi connectivity index (χ4n) is 6.56. The predicted molar refractivity (Wildman–Crippen MR) is 207 cm³/mol. The number of methoxy groups -OCH3 is 2. The van der Waals surface area contributed by atoms with Crippen molar-refractivity contribution in [2.24, 2.45) is 0 Å². The number of rotatable bonds is 16. The van der Waals surface area contributed by atoms with Gasteiger partial charge in [0, 0.05) is 72.2 Å². The van der Waals surface area contributed by atoms with Crippen LogP contribution >= 0.6 is 0 Å². The number of aryl methyl sites for hydroxylation is 1. The zero-order valence-electron chi connectivity index (χ0n) is 30.8. The lowest BCUT2D eigenvalue weighted by Crippen LogP contribution is -2.35. The van der Waals surface area contributed by atoms with Gasteiger partial charge in [-0.15, -0.1) is 0 Å². The van der Waals surface area contributed by atoms with Gasteiger partial charge in [0.2, 0.25) is 5.43 Å². The fourth-order valence-corrected chi connectivity index (χ4v) is 6.56. The van der Waals surface area contributed by atoms with Crippen molar-refractivity contribution < 1.29 is 32.4 Å². The summed E-state index contributed by atoms with van der Waals surface area (Å²) in [6.07, 6.45) is 10.9. The molecule has 0 bridgehead atoms. The molecule has 6 rings (SSSR count). The molecule has 0 N–H and O–H groups in total. The van der Waals surface area contributed by atoms with Crippen LogP contribution in [0.15, 0.2) is 120 Å². The Morgan fingerprint density at radius 3 is 2.15 bits per heavy atom. The zero-order chi connectivity index (χ0) is 38.0. The Hall–Kier alpha value is -6.03. The summed E-state index contributed by atoms with van der Waals surface area (Å²) in [4.78, 5) is 29.1. The smallest absolute Gasteiger partial charge is 0.263 e. The van der Waals surface area contributed by atoms with Crippen molar-refractivity contribution in [3.8, 4) is 34.1 Å². The summed E-state index contributed by atoms with van der Waals surface area (Å²) in [6.45, 7) is 3.20. The molecule has 278 valence electrons. The van der Waals surface area contributed by atoms with E-state index < -0.39 is 23.0 Å². The number of halogens is 2. The number of unbranched alkanes of at least 4 members (excludes halogenated alkanes) is 4. The molecule has 0 aliphatic rings. The third kappa shape index (κ3) is 8.94. The van der Waals surface area contributed by atoms with Crippen LogP contribution in [0.5, 0.6) is 17.2 Å². The third-order valence-electron chi connectivity index (χ3n) is 9.34. The topological polar surface area (TPSA) is 73.9 Å². The number of carbonyl (C=O) groups excluding carboxylic acids is 1. The Bertz CT molecular complexity index is 2250. The van der Waals surface area contributed by atoms with E-state index in [0.717, 1.165) is 56.8 Å². The molecular formula is C44H44F2N3O5+. The number of fused-ring (bicyclic) bond motifs is 1. The van der Waals surface area contributed by atoms with Crippen LogP contribution in [0.1, 0.15) is 49.4 Å². The van der Waals surface area contributed by atoms with Crippen LogP contribution in [0.2, 0.25) is 0 Å². The molecule has 10 heteroatoms. The van der Waals surface area contributed by atoms with Gasteiger partial charge in [-0.3, -0.25) is 9.59 Å². The van der Waals surface area contributed by atoms with Gasteiger partial charge in [-0.25, -0.2) is 13.3 Å². The number of nitrogens with zero attached hydrogens (tertiary/aromatic N) is 3. The molecule has 2 aromatic heterocycles. The van der Waals surface area contributed by atoms with Crippen molar-refractivity contribution in [1.29, 1.82) is 0 Å². The first-order valence-electron chi connectivity index (χ1n) is 18.2. The molecule has 0 fully saturated rings. The second-order valence-electron chi connectivity index (χ2n) is 13.0. The minimum atomic E-state index is -0.830. The first kappa shape index (κ1) is 37.7.